The highest BCUT2D eigenvalue weighted by Gasteiger charge is 2.44. The smallest absolute Gasteiger partial charge is 0.336 e. The van der Waals surface area contributed by atoms with E-state index >= 15 is 0 Å². The number of amides is 1. The van der Waals surface area contributed by atoms with Crippen LogP contribution in [0, 0.1) is 12.8 Å². The van der Waals surface area contributed by atoms with E-state index in [1.165, 1.54) is 16.5 Å². The van der Waals surface area contributed by atoms with E-state index in [9.17, 15) is 9.59 Å². The van der Waals surface area contributed by atoms with Gasteiger partial charge >= 0.3 is 5.63 Å². The summed E-state index contributed by atoms with van der Waals surface area (Å²) in [5.41, 5.74) is 3.10. The Morgan fingerprint density at radius 2 is 2.06 bits per heavy atom. The maximum Gasteiger partial charge on any atom is 0.336 e. The van der Waals surface area contributed by atoms with Crippen molar-refractivity contribution < 1.29 is 13.9 Å². The molecule has 0 spiro atoms. The van der Waals surface area contributed by atoms with Crippen LogP contribution in [0.2, 0.25) is 0 Å². The number of carbonyl (C=O) groups is 1. The molecule has 36 heavy (non-hydrogen) atoms. The molecule has 1 saturated carbocycles. The van der Waals surface area contributed by atoms with Crippen molar-refractivity contribution in [1.29, 1.82) is 0 Å². The maximum absolute atomic E-state index is 13.5. The highest BCUT2D eigenvalue weighted by atomic mass is 32.1. The Balaban J connectivity index is 1.28. The third-order valence-corrected chi connectivity index (χ3v) is 8.50. The molecule has 1 aromatic carbocycles. The minimum atomic E-state index is -0.408. The van der Waals surface area contributed by atoms with Crippen LogP contribution in [0.3, 0.4) is 0 Å². The maximum atomic E-state index is 13.5. The SMILES string of the molecule is Cc1cc(=O)oc2cc(OCC(=O)N3N=C4/C(=C\c5cccs5)CCC[C@H]4[C@H]3c3cccs3)ccc12. The Bertz CT molecular complexity index is 1530. The topological polar surface area (TPSA) is 72.1 Å². The van der Waals surface area contributed by atoms with Gasteiger partial charge in [-0.25, -0.2) is 9.80 Å². The van der Waals surface area contributed by atoms with Crippen LogP contribution < -0.4 is 10.4 Å². The number of rotatable bonds is 5. The number of nitrogens with zero attached hydrogens (tertiary/aromatic N) is 2. The molecule has 182 valence electrons. The highest BCUT2D eigenvalue weighted by molar-refractivity contribution is 7.11. The molecule has 0 N–H and O–H groups in total. The van der Waals surface area contributed by atoms with Crippen LogP contribution in [-0.4, -0.2) is 23.2 Å². The second-order valence-electron chi connectivity index (χ2n) is 9.06. The van der Waals surface area contributed by atoms with Crippen molar-refractivity contribution in [1.82, 2.24) is 5.01 Å². The lowest BCUT2D eigenvalue weighted by Crippen LogP contribution is -2.34. The molecule has 2 atom stereocenters. The lowest BCUT2D eigenvalue weighted by Gasteiger charge is -2.28. The number of hydrazone groups is 1. The summed E-state index contributed by atoms with van der Waals surface area (Å²) in [6.07, 6.45) is 5.25. The van der Waals surface area contributed by atoms with Gasteiger partial charge in [-0.05, 0) is 78.4 Å². The van der Waals surface area contributed by atoms with E-state index in [1.54, 1.807) is 39.8 Å². The Labute approximate surface area is 216 Å². The first kappa shape index (κ1) is 22.9. The predicted octanol–water partition coefficient (Wildman–Crippen LogP) is 6.43. The summed E-state index contributed by atoms with van der Waals surface area (Å²) in [6.45, 7) is 1.71. The molecule has 4 aromatic rings. The standard InChI is InChI=1S/C28H24N2O4S2/c1-17-13-26(32)34-23-15-19(9-10-21(17)23)33-16-25(31)30-28(24-8-4-12-36-24)22-7-2-5-18(27(22)29-30)14-20-6-3-11-35-20/h3-4,6,8-15,22,28H,2,5,7,16H2,1H3/b18-14-/t22-,28+/m1/s1. The number of allylic oxidation sites excluding steroid dienone is 1. The molecule has 8 heteroatoms. The van der Waals surface area contributed by atoms with E-state index < -0.39 is 5.63 Å². The van der Waals surface area contributed by atoms with Crippen LogP contribution in [-0.2, 0) is 4.79 Å². The number of hydrogen-bond donors (Lipinski definition) is 0. The van der Waals surface area contributed by atoms with Crippen LogP contribution >= 0.6 is 22.7 Å². The molecule has 4 heterocycles. The minimum absolute atomic E-state index is 0.125. The van der Waals surface area contributed by atoms with Crippen molar-refractivity contribution in [3.63, 3.8) is 0 Å². The summed E-state index contributed by atoms with van der Waals surface area (Å²) < 4.78 is 11.2. The third-order valence-electron chi connectivity index (χ3n) is 6.74. The van der Waals surface area contributed by atoms with E-state index in [1.807, 2.05) is 24.4 Å². The summed E-state index contributed by atoms with van der Waals surface area (Å²) in [5, 5.41) is 11.5. The Morgan fingerprint density at radius 1 is 1.19 bits per heavy atom. The Hall–Kier alpha value is -3.49. The molecule has 1 amide bonds. The number of carbonyl (C=O) groups excluding carboxylic acids is 1. The van der Waals surface area contributed by atoms with Crippen LogP contribution in [0.4, 0.5) is 0 Å². The fourth-order valence-corrected chi connectivity index (χ4v) is 6.65. The van der Waals surface area contributed by atoms with Gasteiger partial charge in [-0.3, -0.25) is 4.79 Å². The molecule has 2 aliphatic rings. The quantitative estimate of drug-likeness (QED) is 0.287. The van der Waals surface area contributed by atoms with Gasteiger partial charge in [0.2, 0.25) is 0 Å². The molecule has 0 bridgehead atoms. The lowest BCUT2D eigenvalue weighted by molar-refractivity contribution is -0.135. The molecule has 6 nitrogen and oxygen atoms in total. The van der Waals surface area contributed by atoms with Crippen molar-refractivity contribution >= 4 is 51.3 Å². The fraction of sp³-hybridized carbons (Fsp3) is 0.250. The zero-order valence-electron chi connectivity index (χ0n) is 19.7. The summed E-state index contributed by atoms with van der Waals surface area (Å²) in [5.74, 6) is 0.446. The number of thiophene rings is 2. The van der Waals surface area contributed by atoms with E-state index in [0.717, 1.165) is 40.8 Å². The number of fused-ring (bicyclic) bond motifs is 2. The molecule has 6 rings (SSSR count). The molecule has 1 aliphatic heterocycles. The average molecular weight is 517 g/mol. The third kappa shape index (κ3) is 4.31. The number of hydrogen-bond acceptors (Lipinski definition) is 7. The molecule has 0 saturated heterocycles. The molecule has 1 aliphatic carbocycles. The van der Waals surface area contributed by atoms with E-state index in [-0.39, 0.29) is 24.5 Å². The van der Waals surface area contributed by atoms with Gasteiger partial charge < -0.3 is 9.15 Å². The van der Waals surface area contributed by atoms with Crippen LogP contribution in [0.25, 0.3) is 17.0 Å². The molecule has 3 aromatic heterocycles. The first-order valence-corrected chi connectivity index (χ1v) is 13.7. The first-order chi connectivity index (χ1) is 17.6. The molecule has 0 radical (unpaired) electrons. The average Bonchev–Trinajstić information content (AvgIpc) is 3.63. The Kier molecular flexibility index (Phi) is 6.07. The minimum Gasteiger partial charge on any atom is -0.484 e. The van der Waals surface area contributed by atoms with Crippen molar-refractivity contribution in [2.45, 2.75) is 32.2 Å². The van der Waals surface area contributed by atoms with Gasteiger partial charge in [-0.15, -0.1) is 22.7 Å². The Morgan fingerprint density at radius 3 is 2.86 bits per heavy atom. The molecule has 1 fully saturated rings. The van der Waals surface area contributed by atoms with Crippen molar-refractivity contribution in [2.24, 2.45) is 11.0 Å². The second-order valence-corrected chi connectivity index (χ2v) is 11.0. The van der Waals surface area contributed by atoms with Gasteiger partial charge in [0, 0.05) is 33.2 Å². The number of aryl methyl sites for hydroxylation is 1. The van der Waals surface area contributed by atoms with Gasteiger partial charge in [-0.2, -0.15) is 5.10 Å². The van der Waals surface area contributed by atoms with Crippen LogP contribution in [0.15, 0.2) is 79.2 Å². The zero-order chi connectivity index (χ0) is 24.6. The van der Waals surface area contributed by atoms with Crippen molar-refractivity contribution in [3.8, 4) is 5.75 Å². The molecular weight excluding hydrogens is 492 g/mol. The lowest BCUT2D eigenvalue weighted by atomic mass is 9.79. The fourth-order valence-electron chi connectivity index (χ4n) is 5.10. The summed E-state index contributed by atoms with van der Waals surface area (Å²) in [6, 6.07) is 14.9. The largest absolute Gasteiger partial charge is 0.484 e. The van der Waals surface area contributed by atoms with E-state index in [2.05, 4.69) is 29.7 Å². The number of ether oxygens (including phenoxy) is 1. The van der Waals surface area contributed by atoms with Crippen molar-refractivity contribution in [3.05, 3.63) is 90.6 Å². The van der Waals surface area contributed by atoms with Crippen molar-refractivity contribution in [2.75, 3.05) is 6.61 Å². The monoisotopic (exact) mass is 516 g/mol. The van der Waals surface area contributed by atoms with Gasteiger partial charge in [-0.1, -0.05) is 12.1 Å². The predicted molar refractivity (Wildman–Crippen MR) is 144 cm³/mol. The van der Waals surface area contributed by atoms with Crippen LogP contribution in [0.1, 0.15) is 40.6 Å². The summed E-state index contributed by atoms with van der Waals surface area (Å²) in [4.78, 5) is 27.6. The molecular formula is C28H24N2O4S2. The van der Waals surface area contributed by atoms with E-state index in [4.69, 9.17) is 14.3 Å². The number of benzene rings is 1. The summed E-state index contributed by atoms with van der Waals surface area (Å²) in [7, 11) is 0. The summed E-state index contributed by atoms with van der Waals surface area (Å²) >= 11 is 3.36. The second kappa shape index (κ2) is 9.52. The first-order valence-electron chi connectivity index (χ1n) is 11.9. The van der Waals surface area contributed by atoms with Gasteiger partial charge in [0.15, 0.2) is 6.61 Å². The van der Waals surface area contributed by atoms with Gasteiger partial charge in [0.05, 0.1) is 11.8 Å². The van der Waals surface area contributed by atoms with Gasteiger partial charge in [0.1, 0.15) is 11.3 Å². The van der Waals surface area contributed by atoms with Gasteiger partial charge in [0.25, 0.3) is 5.91 Å². The van der Waals surface area contributed by atoms with E-state index in [0.29, 0.717) is 11.3 Å². The molecule has 0 unspecified atom stereocenters. The zero-order valence-corrected chi connectivity index (χ0v) is 21.3. The van der Waals surface area contributed by atoms with Crippen LogP contribution in [0.5, 0.6) is 5.75 Å². The highest BCUT2D eigenvalue weighted by Crippen LogP contribution is 2.45. The normalized spacial score (nSPS) is 20.5.